The first kappa shape index (κ1) is 24.8. The van der Waals surface area contributed by atoms with Crippen LogP contribution in [0, 0.1) is 11.8 Å². The highest BCUT2D eigenvalue weighted by atomic mass is 16.5. The van der Waals surface area contributed by atoms with Crippen molar-refractivity contribution < 1.29 is 14.2 Å². The second-order valence-corrected chi connectivity index (χ2v) is 8.93. The quantitative estimate of drug-likeness (QED) is 0.320. The number of hydrogen-bond donors (Lipinski definition) is 1. The molecule has 2 heterocycles. The Morgan fingerprint density at radius 1 is 1.03 bits per heavy atom. The number of ether oxygens (including phenoxy) is 3. The van der Waals surface area contributed by atoms with Gasteiger partial charge in [-0.25, -0.2) is 0 Å². The summed E-state index contributed by atoms with van der Waals surface area (Å²) < 4.78 is 16.1. The van der Waals surface area contributed by atoms with E-state index in [9.17, 15) is 0 Å². The fourth-order valence-corrected chi connectivity index (χ4v) is 4.51. The minimum Gasteiger partial charge on any atom is -0.497 e. The second-order valence-electron chi connectivity index (χ2n) is 8.93. The smallest absolute Gasteiger partial charge is 0.193 e. The molecule has 1 unspecified atom stereocenters. The third-order valence-electron chi connectivity index (χ3n) is 6.48. The summed E-state index contributed by atoms with van der Waals surface area (Å²) >= 11 is 0. The van der Waals surface area contributed by atoms with Crippen molar-refractivity contribution in [3.05, 3.63) is 29.8 Å². The first-order valence-electron chi connectivity index (χ1n) is 12.2. The molecule has 2 aliphatic rings. The Kier molecular flexibility index (Phi) is 10.6. The summed E-state index contributed by atoms with van der Waals surface area (Å²) in [6.45, 7) is 11.5. The largest absolute Gasteiger partial charge is 0.497 e. The SMILES string of the molecule is CCNC(=NCC1CCN(Cc2ccc(OC)cc2)CC1)N1CCC(COCCOC)C1. The summed E-state index contributed by atoms with van der Waals surface area (Å²) in [5, 5.41) is 3.51. The van der Waals surface area contributed by atoms with Crippen LogP contribution in [0.25, 0.3) is 0 Å². The van der Waals surface area contributed by atoms with Gasteiger partial charge in [-0.3, -0.25) is 9.89 Å². The Labute approximate surface area is 194 Å². The van der Waals surface area contributed by atoms with E-state index in [1.54, 1.807) is 14.2 Å². The molecule has 1 atom stereocenters. The van der Waals surface area contributed by atoms with E-state index >= 15 is 0 Å². The molecular formula is C25H42N4O3. The van der Waals surface area contributed by atoms with Gasteiger partial charge >= 0.3 is 0 Å². The van der Waals surface area contributed by atoms with Crippen LogP contribution in [0.15, 0.2) is 29.3 Å². The predicted molar refractivity (Wildman–Crippen MR) is 129 cm³/mol. The van der Waals surface area contributed by atoms with Gasteiger partial charge in [0.15, 0.2) is 5.96 Å². The molecule has 1 aromatic rings. The second kappa shape index (κ2) is 13.7. The number of aliphatic imine (C=N–C) groups is 1. The van der Waals surface area contributed by atoms with E-state index in [0.29, 0.717) is 25.0 Å². The van der Waals surface area contributed by atoms with Crippen LogP contribution in [0.5, 0.6) is 5.75 Å². The van der Waals surface area contributed by atoms with Gasteiger partial charge < -0.3 is 24.4 Å². The van der Waals surface area contributed by atoms with Crippen LogP contribution in [0.1, 0.15) is 31.7 Å². The molecule has 0 spiro atoms. The molecule has 32 heavy (non-hydrogen) atoms. The maximum absolute atomic E-state index is 5.74. The molecule has 3 rings (SSSR count). The number of methoxy groups -OCH3 is 2. The number of nitrogens with zero attached hydrogens (tertiary/aromatic N) is 3. The molecule has 7 nitrogen and oxygen atoms in total. The zero-order chi connectivity index (χ0) is 22.6. The van der Waals surface area contributed by atoms with Crippen LogP contribution in [-0.4, -0.2) is 89.1 Å². The zero-order valence-electron chi connectivity index (χ0n) is 20.2. The van der Waals surface area contributed by atoms with Gasteiger partial charge in [0.05, 0.1) is 26.9 Å². The summed E-state index contributed by atoms with van der Waals surface area (Å²) in [4.78, 5) is 10.00. The molecule has 0 aliphatic carbocycles. The van der Waals surface area contributed by atoms with Crippen LogP contribution < -0.4 is 10.1 Å². The molecule has 1 aromatic carbocycles. The maximum atomic E-state index is 5.74. The van der Waals surface area contributed by atoms with Crippen LogP contribution in [0.2, 0.25) is 0 Å². The van der Waals surface area contributed by atoms with Crippen molar-refractivity contribution >= 4 is 5.96 Å². The fraction of sp³-hybridized carbons (Fsp3) is 0.720. The lowest BCUT2D eigenvalue weighted by atomic mass is 9.96. The molecular weight excluding hydrogens is 404 g/mol. The van der Waals surface area contributed by atoms with Crippen LogP contribution in [0.3, 0.4) is 0 Å². The van der Waals surface area contributed by atoms with Crippen molar-refractivity contribution in [1.82, 2.24) is 15.1 Å². The number of hydrogen-bond acceptors (Lipinski definition) is 5. The van der Waals surface area contributed by atoms with Gasteiger partial charge in [-0.05, 0) is 62.9 Å². The van der Waals surface area contributed by atoms with Crippen LogP contribution in [0.4, 0.5) is 0 Å². The van der Waals surface area contributed by atoms with Crippen LogP contribution in [-0.2, 0) is 16.0 Å². The Balaban J connectivity index is 1.40. The van der Waals surface area contributed by atoms with Crippen molar-refractivity contribution in [2.24, 2.45) is 16.8 Å². The highest BCUT2D eigenvalue weighted by molar-refractivity contribution is 5.80. The first-order valence-corrected chi connectivity index (χ1v) is 12.2. The van der Waals surface area contributed by atoms with E-state index in [1.807, 2.05) is 12.1 Å². The van der Waals surface area contributed by atoms with E-state index in [0.717, 1.165) is 64.1 Å². The van der Waals surface area contributed by atoms with E-state index in [2.05, 4.69) is 34.2 Å². The lowest BCUT2D eigenvalue weighted by Gasteiger charge is -2.31. The average molecular weight is 447 g/mol. The molecule has 7 heteroatoms. The number of piperidine rings is 1. The molecule has 0 saturated carbocycles. The number of likely N-dealkylation sites (tertiary alicyclic amines) is 2. The zero-order valence-corrected chi connectivity index (χ0v) is 20.2. The Morgan fingerprint density at radius 2 is 1.78 bits per heavy atom. The molecule has 180 valence electrons. The summed E-state index contributed by atoms with van der Waals surface area (Å²) in [7, 11) is 3.43. The molecule has 0 amide bonds. The van der Waals surface area contributed by atoms with Gasteiger partial charge in [0, 0.05) is 45.8 Å². The van der Waals surface area contributed by atoms with Gasteiger partial charge in [-0.15, -0.1) is 0 Å². The summed E-state index contributed by atoms with van der Waals surface area (Å²) in [5.74, 6) is 3.25. The molecule has 0 radical (unpaired) electrons. The summed E-state index contributed by atoms with van der Waals surface area (Å²) in [5.41, 5.74) is 1.35. The maximum Gasteiger partial charge on any atom is 0.193 e. The molecule has 2 aliphatic heterocycles. The number of rotatable bonds is 11. The summed E-state index contributed by atoms with van der Waals surface area (Å²) in [6, 6.07) is 8.44. The van der Waals surface area contributed by atoms with Crippen LogP contribution >= 0.6 is 0 Å². The Hall–Kier alpha value is -1.83. The van der Waals surface area contributed by atoms with Gasteiger partial charge in [-0.1, -0.05) is 12.1 Å². The highest BCUT2D eigenvalue weighted by Gasteiger charge is 2.26. The van der Waals surface area contributed by atoms with Gasteiger partial charge in [0.2, 0.25) is 0 Å². The van der Waals surface area contributed by atoms with Crippen molar-refractivity contribution in [2.45, 2.75) is 32.7 Å². The lowest BCUT2D eigenvalue weighted by molar-refractivity contribution is 0.0536. The average Bonchev–Trinajstić information content (AvgIpc) is 3.30. The van der Waals surface area contributed by atoms with Crippen molar-refractivity contribution in [3.8, 4) is 5.75 Å². The Bertz CT molecular complexity index is 674. The van der Waals surface area contributed by atoms with Gasteiger partial charge in [0.25, 0.3) is 0 Å². The van der Waals surface area contributed by atoms with E-state index in [4.69, 9.17) is 19.2 Å². The predicted octanol–water partition coefficient (Wildman–Crippen LogP) is 2.86. The van der Waals surface area contributed by atoms with E-state index in [-0.39, 0.29) is 0 Å². The number of nitrogens with one attached hydrogen (secondary N) is 1. The van der Waals surface area contributed by atoms with Crippen molar-refractivity contribution in [2.75, 3.05) is 73.3 Å². The molecule has 2 saturated heterocycles. The normalized spacial score (nSPS) is 20.7. The lowest BCUT2D eigenvalue weighted by Crippen LogP contribution is -2.41. The minimum atomic E-state index is 0.580. The topological polar surface area (TPSA) is 58.6 Å². The third-order valence-corrected chi connectivity index (χ3v) is 6.48. The standard InChI is InChI=1S/C25H42N4O3/c1-4-26-25(29-14-11-23(19-29)20-32-16-15-30-2)27-17-21-9-12-28(13-10-21)18-22-5-7-24(31-3)8-6-22/h5-8,21,23H,4,9-20H2,1-3H3,(H,26,27). The minimum absolute atomic E-state index is 0.580. The van der Waals surface area contributed by atoms with E-state index < -0.39 is 0 Å². The monoisotopic (exact) mass is 446 g/mol. The number of guanidine groups is 1. The first-order chi connectivity index (χ1) is 15.7. The Morgan fingerprint density at radius 3 is 2.47 bits per heavy atom. The molecule has 0 bridgehead atoms. The fourth-order valence-electron chi connectivity index (χ4n) is 4.51. The van der Waals surface area contributed by atoms with Gasteiger partial charge in [-0.2, -0.15) is 0 Å². The molecule has 2 fully saturated rings. The summed E-state index contributed by atoms with van der Waals surface area (Å²) in [6.07, 6.45) is 3.60. The highest BCUT2D eigenvalue weighted by Crippen LogP contribution is 2.21. The molecule has 1 N–H and O–H groups in total. The van der Waals surface area contributed by atoms with E-state index in [1.165, 1.54) is 24.8 Å². The molecule has 0 aromatic heterocycles. The van der Waals surface area contributed by atoms with Gasteiger partial charge in [0.1, 0.15) is 5.75 Å². The third kappa shape index (κ3) is 7.94. The number of benzene rings is 1. The van der Waals surface area contributed by atoms with Crippen molar-refractivity contribution in [3.63, 3.8) is 0 Å². The van der Waals surface area contributed by atoms with Crippen molar-refractivity contribution in [1.29, 1.82) is 0 Å².